The molecule has 2 nitrogen and oxygen atoms in total. The monoisotopic (exact) mass is 290 g/mol. The Balaban J connectivity index is 1.90. The SMILES string of the molecule is CC(C)NCc1sc(-c2cccc(F)c2)nc1C1CC1. The van der Waals surface area contributed by atoms with Crippen molar-refractivity contribution in [3.05, 3.63) is 40.7 Å². The molecule has 106 valence electrons. The first-order valence-electron chi connectivity index (χ1n) is 7.12. The van der Waals surface area contributed by atoms with Crippen LogP contribution in [0, 0.1) is 5.82 Å². The van der Waals surface area contributed by atoms with E-state index < -0.39 is 0 Å². The van der Waals surface area contributed by atoms with Gasteiger partial charge in [0.1, 0.15) is 10.8 Å². The van der Waals surface area contributed by atoms with E-state index in [0.29, 0.717) is 12.0 Å². The van der Waals surface area contributed by atoms with Crippen molar-refractivity contribution < 1.29 is 4.39 Å². The second-order valence-corrected chi connectivity index (χ2v) is 6.73. The van der Waals surface area contributed by atoms with Gasteiger partial charge < -0.3 is 5.32 Å². The summed E-state index contributed by atoms with van der Waals surface area (Å²) in [5, 5.41) is 4.39. The van der Waals surface area contributed by atoms with Gasteiger partial charge in [0.25, 0.3) is 0 Å². The van der Waals surface area contributed by atoms with Crippen LogP contribution in [0.15, 0.2) is 24.3 Å². The van der Waals surface area contributed by atoms with Gasteiger partial charge in [-0.1, -0.05) is 26.0 Å². The molecule has 1 aliphatic rings. The first kappa shape index (κ1) is 13.7. The van der Waals surface area contributed by atoms with Crippen LogP contribution in [-0.4, -0.2) is 11.0 Å². The van der Waals surface area contributed by atoms with Gasteiger partial charge in [0.05, 0.1) is 5.69 Å². The molecule has 1 saturated carbocycles. The van der Waals surface area contributed by atoms with Crippen LogP contribution in [-0.2, 0) is 6.54 Å². The minimum atomic E-state index is -0.201. The summed E-state index contributed by atoms with van der Waals surface area (Å²) < 4.78 is 13.3. The van der Waals surface area contributed by atoms with Crippen LogP contribution in [0.5, 0.6) is 0 Å². The molecule has 1 N–H and O–H groups in total. The predicted molar refractivity (Wildman–Crippen MR) is 81.5 cm³/mol. The number of rotatable bonds is 5. The average molecular weight is 290 g/mol. The molecule has 4 heteroatoms. The first-order valence-corrected chi connectivity index (χ1v) is 7.94. The highest BCUT2D eigenvalue weighted by Crippen LogP contribution is 2.44. The quantitative estimate of drug-likeness (QED) is 0.887. The number of nitrogens with one attached hydrogen (secondary N) is 1. The van der Waals surface area contributed by atoms with Gasteiger partial charge in [-0.2, -0.15) is 0 Å². The number of benzene rings is 1. The summed E-state index contributed by atoms with van der Waals surface area (Å²) in [6.45, 7) is 5.15. The fourth-order valence-electron chi connectivity index (χ4n) is 2.21. The van der Waals surface area contributed by atoms with Crippen LogP contribution in [0.2, 0.25) is 0 Å². The standard InChI is InChI=1S/C16H19FN2S/c1-10(2)18-9-14-15(11-6-7-11)19-16(20-14)12-4-3-5-13(17)8-12/h3-5,8,10-11,18H,6-7,9H2,1-2H3. The largest absolute Gasteiger partial charge is 0.310 e. The third-order valence-electron chi connectivity index (χ3n) is 3.43. The lowest BCUT2D eigenvalue weighted by Crippen LogP contribution is -2.21. The normalized spacial score (nSPS) is 15.0. The lowest BCUT2D eigenvalue weighted by molar-refractivity contribution is 0.590. The Kier molecular flexibility index (Phi) is 3.85. The van der Waals surface area contributed by atoms with Crippen molar-refractivity contribution in [3.63, 3.8) is 0 Å². The number of aromatic nitrogens is 1. The van der Waals surface area contributed by atoms with Gasteiger partial charge >= 0.3 is 0 Å². The van der Waals surface area contributed by atoms with Crippen LogP contribution >= 0.6 is 11.3 Å². The third-order valence-corrected chi connectivity index (χ3v) is 4.55. The van der Waals surface area contributed by atoms with E-state index in [0.717, 1.165) is 17.1 Å². The number of thiazole rings is 1. The summed E-state index contributed by atoms with van der Waals surface area (Å²) in [5.74, 6) is 0.421. The van der Waals surface area contributed by atoms with Gasteiger partial charge in [-0.3, -0.25) is 0 Å². The van der Waals surface area contributed by atoms with Crippen LogP contribution in [0.25, 0.3) is 10.6 Å². The van der Waals surface area contributed by atoms with Gasteiger partial charge in [0.2, 0.25) is 0 Å². The molecule has 20 heavy (non-hydrogen) atoms. The number of hydrogen-bond donors (Lipinski definition) is 1. The molecule has 2 aromatic rings. The summed E-state index contributed by atoms with van der Waals surface area (Å²) in [7, 11) is 0. The number of halogens is 1. The molecule has 1 fully saturated rings. The molecular formula is C16H19FN2S. The van der Waals surface area contributed by atoms with E-state index in [1.165, 1.54) is 29.5 Å². The molecule has 1 aromatic heterocycles. The summed E-state index contributed by atoms with van der Waals surface area (Å²) in [6, 6.07) is 7.17. The molecule has 1 aliphatic carbocycles. The highest BCUT2D eigenvalue weighted by molar-refractivity contribution is 7.15. The van der Waals surface area contributed by atoms with Crippen LogP contribution in [0.4, 0.5) is 4.39 Å². The molecule has 1 aromatic carbocycles. The fourth-order valence-corrected chi connectivity index (χ4v) is 3.30. The van der Waals surface area contributed by atoms with Crippen LogP contribution in [0.3, 0.4) is 0 Å². The number of nitrogens with zero attached hydrogens (tertiary/aromatic N) is 1. The Labute approximate surface area is 123 Å². The Morgan fingerprint density at radius 1 is 1.40 bits per heavy atom. The van der Waals surface area contributed by atoms with Crippen LogP contribution in [0.1, 0.15) is 43.2 Å². The van der Waals surface area contributed by atoms with Gasteiger partial charge in [0, 0.05) is 28.9 Å². The second-order valence-electron chi connectivity index (χ2n) is 5.65. The van der Waals surface area contributed by atoms with Crippen molar-refractivity contribution in [2.45, 2.75) is 45.2 Å². The summed E-state index contributed by atoms with van der Waals surface area (Å²) in [6.07, 6.45) is 2.47. The zero-order chi connectivity index (χ0) is 14.1. The van der Waals surface area contributed by atoms with Gasteiger partial charge in [-0.05, 0) is 25.0 Å². The predicted octanol–water partition coefficient (Wildman–Crippen LogP) is 4.32. The molecule has 0 spiro atoms. The minimum absolute atomic E-state index is 0.201. The maximum atomic E-state index is 13.3. The van der Waals surface area contributed by atoms with E-state index >= 15 is 0 Å². The molecule has 0 atom stereocenters. The Morgan fingerprint density at radius 2 is 2.20 bits per heavy atom. The Morgan fingerprint density at radius 3 is 2.85 bits per heavy atom. The van der Waals surface area contributed by atoms with Gasteiger partial charge in [-0.15, -0.1) is 11.3 Å². The van der Waals surface area contributed by atoms with E-state index in [-0.39, 0.29) is 5.82 Å². The average Bonchev–Trinajstić information content (AvgIpc) is 3.16. The maximum Gasteiger partial charge on any atom is 0.124 e. The molecule has 0 unspecified atom stereocenters. The van der Waals surface area contributed by atoms with Crippen molar-refractivity contribution in [2.75, 3.05) is 0 Å². The van der Waals surface area contributed by atoms with E-state index in [4.69, 9.17) is 4.98 Å². The Bertz CT molecular complexity index is 602. The van der Waals surface area contributed by atoms with E-state index in [2.05, 4.69) is 19.2 Å². The molecule has 0 bridgehead atoms. The number of hydrogen-bond acceptors (Lipinski definition) is 3. The molecule has 0 amide bonds. The zero-order valence-corrected chi connectivity index (χ0v) is 12.6. The lowest BCUT2D eigenvalue weighted by Gasteiger charge is -2.07. The highest BCUT2D eigenvalue weighted by Gasteiger charge is 2.29. The van der Waals surface area contributed by atoms with Crippen molar-refractivity contribution >= 4 is 11.3 Å². The fraction of sp³-hybridized carbons (Fsp3) is 0.438. The van der Waals surface area contributed by atoms with Crippen molar-refractivity contribution in [1.82, 2.24) is 10.3 Å². The smallest absolute Gasteiger partial charge is 0.124 e. The summed E-state index contributed by atoms with van der Waals surface area (Å²) in [4.78, 5) is 6.08. The van der Waals surface area contributed by atoms with E-state index in [9.17, 15) is 4.39 Å². The second kappa shape index (κ2) is 5.62. The highest BCUT2D eigenvalue weighted by atomic mass is 32.1. The molecule has 1 heterocycles. The maximum absolute atomic E-state index is 13.3. The van der Waals surface area contributed by atoms with Crippen molar-refractivity contribution in [3.8, 4) is 10.6 Å². The van der Waals surface area contributed by atoms with Gasteiger partial charge in [0.15, 0.2) is 0 Å². The third kappa shape index (κ3) is 3.07. The first-order chi connectivity index (χ1) is 9.63. The summed E-state index contributed by atoms with van der Waals surface area (Å²) >= 11 is 1.69. The minimum Gasteiger partial charge on any atom is -0.310 e. The molecule has 0 saturated heterocycles. The molecule has 3 rings (SSSR count). The molecule has 0 radical (unpaired) electrons. The summed E-state index contributed by atoms with van der Waals surface area (Å²) in [5.41, 5.74) is 2.11. The van der Waals surface area contributed by atoms with Crippen LogP contribution < -0.4 is 5.32 Å². The van der Waals surface area contributed by atoms with E-state index in [1.54, 1.807) is 23.5 Å². The van der Waals surface area contributed by atoms with E-state index in [1.807, 2.05) is 6.07 Å². The molecular weight excluding hydrogens is 271 g/mol. The topological polar surface area (TPSA) is 24.9 Å². The van der Waals surface area contributed by atoms with Gasteiger partial charge in [-0.25, -0.2) is 9.37 Å². The van der Waals surface area contributed by atoms with Crippen molar-refractivity contribution in [2.24, 2.45) is 0 Å². The lowest BCUT2D eigenvalue weighted by atomic mass is 10.2. The van der Waals surface area contributed by atoms with Crippen molar-refractivity contribution in [1.29, 1.82) is 0 Å². The Hall–Kier alpha value is -1.26. The zero-order valence-electron chi connectivity index (χ0n) is 11.8. The molecule has 0 aliphatic heterocycles.